The molecule has 0 bridgehead atoms. The van der Waals surface area contributed by atoms with Crippen molar-refractivity contribution >= 4 is 22.6 Å². The van der Waals surface area contributed by atoms with Gasteiger partial charge in [-0.3, -0.25) is 14.2 Å². The largest absolute Gasteiger partial charge is 0.477 e. The summed E-state index contributed by atoms with van der Waals surface area (Å²) in [4.78, 5) is 31.1. The molecule has 0 saturated heterocycles. The molecule has 0 aliphatic carbocycles. The van der Waals surface area contributed by atoms with E-state index in [1.807, 2.05) is 0 Å². The molecule has 6 heteroatoms. The second-order valence-electron chi connectivity index (χ2n) is 3.72. The van der Waals surface area contributed by atoms with Crippen molar-refractivity contribution in [2.24, 2.45) is 0 Å². The highest BCUT2D eigenvalue weighted by Crippen LogP contribution is 2.11. The normalized spacial score (nSPS) is 10.9. The van der Waals surface area contributed by atoms with Crippen LogP contribution in [0.15, 0.2) is 41.5 Å². The van der Waals surface area contributed by atoms with Crippen LogP contribution in [0, 0.1) is 0 Å². The highest BCUT2D eigenvalue weighted by atomic mass is 16.4. The topological polar surface area (TPSA) is 84.6 Å². The number of carboxylic acid groups (broad SMARTS) is 1. The summed E-state index contributed by atoms with van der Waals surface area (Å²) >= 11 is 0. The molecule has 0 atom stereocenters. The van der Waals surface area contributed by atoms with Crippen molar-refractivity contribution in [3.63, 3.8) is 0 Å². The van der Waals surface area contributed by atoms with Gasteiger partial charge in [0, 0.05) is 6.20 Å². The van der Waals surface area contributed by atoms with Crippen LogP contribution in [-0.4, -0.2) is 25.4 Å². The van der Waals surface area contributed by atoms with Crippen LogP contribution in [0.2, 0.25) is 0 Å². The fraction of sp³-hybridized carbons (Fsp3) is 0. The summed E-state index contributed by atoms with van der Waals surface area (Å²) in [7, 11) is 0. The molecule has 1 aromatic carbocycles. The van der Waals surface area contributed by atoms with E-state index in [-0.39, 0.29) is 5.56 Å². The van der Waals surface area contributed by atoms with Gasteiger partial charge in [-0.05, 0) is 12.1 Å². The summed E-state index contributed by atoms with van der Waals surface area (Å²) in [6, 6.07) is 6.99. The highest BCUT2D eigenvalue weighted by molar-refractivity contribution is 5.87. The second-order valence-corrected chi connectivity index (χ2v) is 3.72. The summed E-state index contributed by atoms with van der Waals surface area (Å²) in [5, 5.41) is 8.93. The van der Waals surface area contributed by atoms with Gasteiger partial charge in [-0.25, -0.2) is 9.78 Å². The van der Waals surface area contributed by atoms with Gasteiger partial charge in [-0.1, -0.05) is 12.1 Å². The monoisotopic (exact) mass is 241 g/mol. The van der Waals surface area contributed by atoms with Crippen LogP contribution in [0.5, 0.6) is 0 Å². The van der Waals surface area contributed by atoms with Crippen LogP contribution in [0.1, 0.15) is 10.4 Å². The molecule has 3 rings (SSSR count). The SMILES string of the molecule is O=C(O)c1cnc2cnc3ccccc3n2c1=O. The van der Waals surface area contributed by atoms with E-state index in [1.54, 1.807) is 24.3 Å². The third kappa shape index (κ3) is 1.36. The molecule has 3 aromatic rings. The van der Waals surface area contributed by atoms with Crippen LogP contribution >= 0.6 is 0 Å². The molecule has 0 spiro atoms. The number of hydrogen-bond acceptors (Lipinski definition) is 4. The lowest BCUT2D eigenvalue weighted by Crippen LogP contribution is -2.23. The summed E-state index contributed by atoms with van der Waals surface area (Å²) in [6.07, 6.45) is 2.49. The Morgan fingerprint density at radius 3 is 2.72 bits per heavy atom. The molecule has 0 unspecified atom stereocenters. The molecule has 0 saturated carbocycles. The van der Waals surface area contributed by atoms with Crippen LogP contribution < -0.4 is 5.56 Å². The first-order valence-electron chi connectivity index (χ1n) is 5.17. The summed E-state index contributed by atoms with van der Waals surface area (Å²) in [5.74, 6) is -1.29. The van der Waals surface area contributed by atoms with Crippen LogP contribution in [0.25, 0.3) is 16.7 Å². The summed E-state index contributed by atoms with van der Waals surface area (Å²) in [5.41, 5.74) is 0.505. The number of aromatic carboxylic acids is 1. The Morgan fingerprint density at radius 2 is 1.94 bits per heavy atom. The Morgan fingerprint density at radius 1 is 1.17 bits per heavy atom. The lowest BCUT2D eigenvalue weighted by molar-refractivity contribution is 0.0694. The molecule has 0 fully saturated rings. The van der Waals surface area contributed by atoms with Gasteiger partial charge in [0.2, 0.25) is 0 Å². The molecule has 6 nitrogen and oxygen atoms in total. The predicted molar refractivity (Wildman–Crippen MR) is 63.7 cm³/mol. The Kier molecular flexibility index (Phi) is 2.09. The number of carbonyl (C=O) groups is 1. The fourth-order valence-corrected chi connectivity index (χ4v) is 1.83. The van der Waals surface area contributed by atoms with Gasteiger partial charge in [-0.15, -0.1) is 0 Å². The number of nitrogens with zero attached hydrogens (tertiary/aromatic N) is 3. The van der Waals surface area contributed by atoms with Crippen molar-refractivity contribution in [3.8, 4) is 0 Å². The van der Waals surface area contributed by atoms with E-state index in [0.29, 0.717) is 16.7 Å². The number of carboxylic acids is 1. The molecule has 0 aliphatic heterocycles. The molecular weight excluding hydrogens is 234 g/mol. The second kappa shape index (κ2) is 3.63. The number of fused-ring (bicyclic) bond motifs is 3. The standard InChI is InChI=1S/C12H7N3O3/c16-11-7(12(17)18)5-14-10-6-13-8-3-1-2-4-9(8)15(10)11/h1-6H,(H,17,18). The molecule has 88 valence electrons. The van der Waals surface area contributed by atoms with Crippen molar-refractivity contribution in [2.75, 3.05) is 0 Å². The molecular formula is C12H7N3O3. The highest BCUT2D eigenvalue weighted by Gasteiger charge is 2.13. The lowest BCUT2D eigenvalue weighted by atomic mass is 10.3. The van der Waals surface area contributed by atoms with E-state index >= 15 is 0 Å². The molecule has 0 aliphatic rings. The quantitative estimate of drug-likeness (QED) is 0.641. The minimum atomic E-state index is -1.29. The van der Waals surface area contributed by atoms with E-state index in [9.17, 15) is 9.59 Å². The van der Waals surface area contributed by atoms with Gasteiger partial charge in [0.15, 0.2) is 5.65 Å². The maximum absolute atomic E-state index is 12.1. The summed E-state index contributed by atoms with van der Waals surface area (Å²) < 4.78 is 1.26. The van der Waals surface area contributed by atoms with Crippen molar-refractivity contribution in [3.05, 3.63) is 52.6 Å². The third-order valence-corrected chi connectivity index (χ3v) is 2.66. The van der Waals surface area contributed by atoms with E-state index in [0.717, 1.165) is 6.20 Å². The molecule has 1 N–H and O–H groups in total. The Bertz CT molecular complexity index is 839. The van der Waals surface area contributed by atoms with Crippen molar-refractivity contribution in [1.29, 1.82) is 0 Å². The molecule has 18 heavy (non-hydrogen) atoms. The minimum absolute atomic E-state index is 0.323. The maximum Gasteiger partial charge on any atom is 0.342 e. The van der Waals surface area contributed by atoms with E-state index < -0.39 is 11.5 Å². The van der Waals surface area contributed by atoms with Gasteiger partial charge in [0.05, 0.1) is 17.2 Å². The average molecular weight is 241 g/mol. The third-order valence-electron chi connectivity index (χ3n) is 2.66. The van der Waals surface area contributed by atoms with Crippen molar-refractivity contribution < 1.29 is 9.90 Å². The molecule has 0 amide bonds. The lowest BCUT2D eigenvalue weighted by Gasteiger charge is -2.04. The van der Waals surface area contributed by atoms with Gasteiger partial charge in [0.25, 0.3) is 5.56 Å². The Balaban J connectivity index is 2.59. The zero-order valence-corrected chi connectivity index (χ0v) is 9.07. The number of rotatable bonds is 1. The molecule has 2 aromatic heterocycles. The first-order valence-corrected chi connectivity index (χ1v) is 5.17. The Labute approximate surface area is 100 Å². The van der Waals surface area contributed by atoms with Crippen LogP contribution in [0.4, 0.5) is 0 Å². The number of hydrogen-bond donors (Lipinski definition) is 1. The maximum atomic E-state index is 12.1. The molecule has 2 heterocycles. The number of aromatic nitrogens is 3. The zero-order valence-electron chi connectivity index (χ0n) is 9.07. The van der Waals surface area contributed by atoms with Crippen molar-refractivity contribution in [2.45, 2.75) is 0 Å². The smallest absolute Gasteiger partial charge is 0.342 e. The van der Waals surface area contributed by atoms with Crippen molar-refractivity contribution in [1.82, 2.24) is 14.4 Å². The van der Waals surface area contributed by atoms with Gasteiger partial charge in [0.1, 0.15) is 5.56 Å². The van der Waals surface area contributed by atoms with E-state index in [1.165, 1.54) is 10.6 Å². The fourth-order valence-electron chi connectivity index (χ4n) is 1.83. The first-order chi connectivity index (χ1) is 8.68. The van der Waals surface area contributed by atoms with Crippen LogP contribution in [-0.2, 0) is 0 Å². The van der Waals surface area contributed by atoms with Gasteiger partial charge < -0.3 is 5.11 Å². The predicted octanol–water partition coefficient (Wildman–Crippen LogP) is 0.941. The Hall–Kier alpha value is -2.76. The van der Waals surface area contributed by atoms with E-state index in [4.69, 9.17) is 5.11 Å². The zero-order chi connectivity index (χ0) is 12.7. The number of para-hydroxylation sites is 2. The van der Waals surface area contributed by atoms with Crippen LogP contribution in [0.3, 0.4) is 0 Å². The van der Waals surface area contributed by atoms with Gasteiger partial charge in [-0.2, -0.15) is 0 Å². The average Bonchev–Trinajstić information content (AvgIpc) is 2.38. The minimum Gasteiger partial charge on any atom is -0.477 e. The molecule has 0 radical (unpaired) electrons. The van der Waals surface area contributed by atoms with Gasteiger partial charge >= 0.3 is 5.97 Å². The summed E-state index contributed by atoms with van der Waals surface area (Å²) in [6.45, 7) is 0. The number of benzene rings is 1. The van der Waals surface area contributed by atoms with E-state index in [2.05, 4.69) is 9.97 Å². The first kappa shape index (κ1) is 10.4.